The van der Waals surface area contributed by atoms with Crippen LogP contribution in [0, 0.1) is 17.1 Å². The molecule has 0 aliphatic carbocycles. The number of ether oxygens (including phenoxy) is 1. The molecule has 4 nitrogen and oxygen atoms in total. The van der Waals surface area contributed by atoms with Crippen LogP contribution in [0.5, 0.6) is 5.75 Å². The highest BCUT2D eigenvalue weighted by molar-refractivity contribution is 5.20. The summed E-state index contributed by atoms with van der Waals surface area (Å²) in [5.74, 6) is -0.0953. The Morgan fingerprint density at radius 3 is 2.70 bits per heavy atom. The molecule has 1 aromatic carbocycles. The summed E-state index contributed by atoms with van der Waals surface area (Å²) in [6, 6.07) is 11.2. The third-order valence-electron chi connectivity index (χ3n) is 2.76. The monoisotopic (exact) mass is 272 g/mol. The minimum absolute atomic E-state index is 0.192. The molecular formula is C15H13FN2O2. The van der Waals surface area contributed by atoms with E-state index >= 15 is 0 Å². The maximum Gasteiger partial charge on any atom is 0.292 e. The van der Waals surface area contributed by atoms with Crippen molar-refractivity contribution in [3.05, 3.63) is 64.3 Å². The van der Waals surface area contributed by atoms with Crippen LogP contribution in [0.1, 0.15) is 12.0 Å². The standard InChI is InChI=1S/C15H13FN2O2/c16-13-6-4-12(5-7-13)11-20-14-3-1-9-18(15(14)19)10-2-8-17/h1,3-7,9H,2,10-11H2. The van der Waals surface area contributed by atoms with Gasteiger partial charge in [0, 0.05) is 12.7 Å². The Morgan fingerprint density at radius 1 is 1.25 bits per heavy atom. The van der Waals surface area contributed by atoms with E-state index in [1.54, 1.807) is 30.5 Å². The van der Waals surface area contributed by atoms with Crippen LogP contribution in [0.15, 0.2) is 47.4 Å². The van der Waals surface area contributed by atoms with Crippen LogP contribution in [0.25, 0.3) is 0 Å². The number of aryl methyl sites for hydroxylation is 1. The molecule has 0 N–H and O–H groups in total. The summed E-state index contributed by atoms with van der Waals surface area (Å²) in [6.45, 7) is 0.529. The highest BCUT2D eigenvalue weighted by Gasteiger charge is 2.04. The van der Waals surface area contributed by atoms with E-state index in [4.69, 9.17) is 10.00 Å². The molecule has 1 aromatic heterocycles. The summed E-state index contributed by atoms with van der Waals surface area (Å²) in [6.07, 6.45) is 1.88. The fraction of sp³-hybridized carbons (Fsp3) is 0.200. The molecule has 2 aromatic rings. The minimum atomic E-state index is -0.313. The normalized spacial score (nSPS) is 10.0. The van der Waals surface area contributed by atoms with Crippen LogP contribution < -0.4 is 10.3 Å². The van der Waals surface area contributed by atoms with E-state index in [1.165, 1.54) is 16.7 Å². The van der Waals surface area contributed by atoms with E-state index in [2.05, 4.69) is 0 Å². The van der Waals surface area contributed by atoms with E-state index in [9.17, 15) is 9.18 Å². The average molecular weight is 272 g/mol. The first kappa shape index (κ1) is 13.8. The zero-order valence-electron chi connectivity index (χ0n) is 10.8. The number of hydrogen-bond acceptors (Lipinski definition) is 3. The Morgan fingerprint density at radius 2 is 2.00 bits per heavy atom. The smallest absolute Gasteiger partial charge is 0.292 e. The van der Waals surface area contributed by atoms with Crippen molar-refractivity contribution in [1.29, 1.82) is 5.26 Å². The molecule has 0 saturated carbocycles. The second-order valence-corrected chi connectivity index (χ2v) is 4.19. The van der Waals surface area contributed by atoms with Gasteiger partial charge in [0.15, 0.2) is 5.75 Å². The van der Waals surface area contributed by atoms with Crippen molar-refractivity contribution in [3.8, 4) is 11.8 Å². The highest BCUT2D eigenvalue weighted by atomic mass is 19.1. The maximum atomic E-state index is 12.8. The number of aromatic nitrogens is 1. The van der Waals surface area contributed by atoms with Gasteiger partial charge < -0.3 is 9.30 Å². The number of halogens is 1. The number of pyridine rings is 1. The van der Waals surface area contributed by atoms with Gasteiger partial charge in [0.2, 0.25) is 0 Å². The van der Waals surface area contributed by atoms with Crippen molar-refractivity contribution >= 4 is 0 Å². The summed E-state index contributed by atoms with van der Waals surface area (Å²) in [5, 5.41) is 8.53. The molecule has 2 rings (SSSR count). The van der Waals surface area contributed by atoms with Crippen molar-refractivity contribution in [2.45, 2.75) is 19.6 Å². The van der Waals surface area contributed by atoms with Crippen molar-refractivity contribution in [3.63, 3.8) is 0 Å². The third-order valence-corrected chi connectivity index (χ3v) is 2.76. The number of rotatable bonds is 5. The Hall–Kier alpha value is -2.61. The molecule has 0 aliphatic rings. The largest absolute Gasteiger partial charge is 0.483 e. The van der Waals surface area contributed by atoms with Crippen LogP contribution in [-0.4, -0.2) is 4.57 Å². The van der Waals surface area contributed by atoms with E-state index in [1.807, 2.05) is 6.07 Å². The maximum absolute atomic E-state index is 12.8. The van der Waals surface area contributed by atoms with Gasteiger partial charge in [-0.2, -0.15) is 5.26 Å². The highest BCUT2D eigenvalue weighted by Crippen LogP contribution is 2.08. The first-order chi connectivity index (χ1) is 9.70. The second kappa shape index (κ2) is 6.53. The average Bonchev–Trinajstić information content (AvgIpc) is 2.47. The number of hydrogen-bond donors (Lipinski definition) is 0. The zero-order chi connectivity index (χ0) is 14.4. The third kappa shape index (κ3) is 3.45. The molecule has 0 amide bonds. The Balaban J connectivity index is 2.08. The number of benzene rings is 1. The lowest BCUT2D eigenvalue weighted by Gasteiger charge is -2.08. The quantitative estimate of drug-likeness (QED) is 0.840. The summed E-state index contributed by atoms with van der Waals surface area (Å²) in [5.41, 5.74) is 0.503. The Labute approximate surface area is 115 Å². The van der Waals surface area contributed by atoms with Gasteiger partial charge in [-0.05, 0) is 29.8 Å². The Bertz CT molecular complexity index is 672. The molecule has 102 valence electrons. The van der Waals surface area contributed by atoms with Crippen molar-refractivity contribution in [2.24, 2.45) is 0 Å². The van der Waals surface area contributed by atoms with E-state index < -0.39 is 0 Å². The molecule has 0 bridgehead atoms. The molecule has 1 heterocycles. The SMILES string of the molecule is N#CCCn1cccc(OCc2ccc(F)cc2)c1=O. The van der Waals surface area contributed by atoms with Gasteiger partial charge in [-0.15, -0.1) is 0 Å². The fourth-order valence-electron chi connectivity index (χ4n) is 1.71. The lowest BCUT2D eigenvalue weighted by molar-refractivity contribution is 0.299. The molecule has 20 heavy (non-hydrogen) atoms. The van der Waals surface area contributed by atoms with Crippen molar-refractivity contribution < 1.29 is 9.13 Å². The molecular weight excluding hydrogens is 259 g/mol. The molecule has 0 spiro atoms. The van der Waals surface area contributed by atoms with Crippen LogP contribution in [0.2, 0.25) is 0 Å². The molecule has 5 heteroatoms. The van der Waals surface area contributed by atoms with Crippen LogP contribution in [-0.2, 0) is 13.2 Å². The van der Waals surface area contributed by atoms with Crippen molar-refractivity contribution in [1.82, 2.24) is 4.57 Å². The van der Waals surface area contributed by atoms with Crippen LogP contribution in [0.4, 0.5) is 4.39 Å². The topological polar surface area (TPSA) is 55.0 Å². The van der Waals surface area contributed by atoms with Gasteiger partial charge in [-0.1, -0.05) is 12.1 Å². The number of nitrogens with zero attached hydrogens (tertiary/aromatic N) is 2. The fourth-order valence-corrected chi connectivity index (χ4v) is 1.71. The molecule has 0 saturated heterocycles. The lowest BCUT2D eigenvalue weighted by Crippen LogP contribution is -2.21. The van der Waals surface area contributed by atoms with E-state index in [0.717, 1.165) is 5.56 Å². The lowest BCUT2D eigenvalue weighted by atomic mass is 10.2. The predicted molar refractivity (Wildman–Crippen MR) is 71.7 cm³/mol. The molecule has 0 aliphatic heterocycles. The Kier molecular flexibility index (Phi) is 4.51. The zero-order valence-corrected chi connectivity index (χ0v) is 10.8. The van der Waals surface area contributed by atoms with Gasteiger partial charge in [0.1, 0.15) is 12.4 Å². The van der Waals surface area contributed by atoms with Gasteiger partial charge in [-0.3, -0.25) is 4.79 Å². The molecule has 0 fully saturated rings. The number of nitriles is 1. The summed E-state index contributed by atoms with van der Waals surface area (Å²) < 4.78 is 19.6. The molecule has 0 atom stereocenters. The van der Waals surface area contributed by atoms with Crippen LogP contribution in [0.3, 0.4) is 0 Å². The summed E-state index contributed by atoms with van der Waals surface area (Å²) in [4.78, 5) is 12.0. The minimum Gasteiger partial charge on any atom is -0.483 e. The van der Waals surface area contributed by atoms with Crippen LogP contribution >= 0.6 is 0 Å². The first-order valence-corrected chi connectivity index (χ1v) is 6.14. The summed E-state index contributed by atoms with van der Waals surface area (Å²) >= 11 is 0. The molecule has 0 unspecified atom stereocenters. The second-order valence-electron chi connectivity index (χ2n) is 4.19. The predicted octanol–water partition coefficient (Wildman–Crippen LogP) is 2.48. The molecule has 0 radical (unpaired) electrons. The van der Waals surface area contributed by atoms with Gasteiger partial charge >= 0.3 is 0 Å². The first-order valence-electron chi connectivity index (χ1n) is 6.14. The van der Waals surface area contributed by atoms with E-state index in [-0.39, 0.29) is 30.2 Å². The van der Waals surface area contributed by atoms with Gasteiger partial charge in [-0.25, -0.2) is 4.39 Å². The van der Waals surface area contributed by atoms with Gasteiger partial charge in [0.05, 0.1) is 12.5 Å². The summed E-state index contributed by atoms with van der Waals surface area (Å²) in [7, 11) is 0. The van der Waals surface area contributed by atoms with Gasteiger partial charge in [0.25, 0.3) is 5.56 Å². The van der Waals surface area contributed by atoms with Crippen molar-refractivity contribution in [2.75, 3.05) is 0 Å². The van der Waals surface area contributed by atoms with E-state index in [0.29, 0.717) is 6.54 Å².